The van der Waals surface area contributed by atoms with Crippen molar-refractivity contribution >= 4 is 12.2 Å². The summed E-state index contributed by atoms with van der Waals surface area (Å²) in [4.78, 5) is 11.9. The molecule has 4 nitrogen and oxygen atoms in total. The third-order valence-corrected chi connectivity index (χ3v) is 1.77. The van der Waals surface area contributed by atoms with Gasteiger partial charge >= 0.3 is 0 Å². The molecular formula is C6H11N3O. The van der Waals surface area contributed by atoms with Crippen LogP contribution < -0.4 is 5.73 Å². The van der Waals surface area contributed by atoms with E-state index in [1.54, 1.807) is 4.90 Å². The zero-order valence-corrected chi connectivity index (χ0v) is 5.71. The van der Waals surface area contributed by atoms with Gasteiger partial charge in [0.2, 0.25) is 0 Å². The molecule has 1 heterocycles. The minimum Gasteiger partial charge on any atom is -0.370 e. The fourth-order valence-corrected chi connectivity index (χ4v) is 1.23. The van der Waals surface area contributed by atoms with E-state index in [1.807, 2.05) is 0 Å². The van der Waals surface area contributed by atoms with Crippen molar-refractivity contribution in [2.45, 2.75) is 18.9 Å². The predicted molar refractivity (Wildman–Crippen MR) is 37.7 cm³/mol. The summed E-state index contributed by atoms with van der Waals surface area (Å²) in [6, 6.07) is -0.141. The van der Waals surface area contributed by atoms with E-state index in [9.17, 15) is 4.79 Å². The SMILES string of the molecule is N=C(N)N1CCCC1C=O. The van der Waals surface area contributed by atoms with Gasteiger partial charge in [-0.25, -0.2) is 0 Å². The lowest BCUT2D eigenvalue weighted by atomic mass is 10.2. The number of guanidine groups is 1. The van der Waals surface area contributed by atoms with Crippen molar-refractivity contribution in [2.75, 3.05) is 6.54 Å². The highest BCUT2D eigenvalue weighted by Crippen LogP contribution is 2.13. The van der Waals surface area contributed by atoms with Gasteiger partial charge in [0.25, 0.3) is 0 Å². The first-order chi connectivity index (χ1) is 4.75. The standard InChI is InChI=1S/C6H11N3O/c7-6(8)9-3-1-2-5(9)4-10/h4-5H,1-3H2,(H3,7,8). The Balaban J connectivity index is 2.58. The molecule has 4 heteroatoms. The van der Waals surface area contributed by atoms with E-state index < -0.39 is 0 Å². The number of carbonyl (C=O) groups excluding carboxylic acids is 1. The van der Waals surface area contributed by atoms with Crippen molar-refractivity contribution in [1.29, 1.82) is 5.41 Å². The Morgan fingerprint density at radius 3 is 2.90 bits per heavy atom. The fourth-order valence-electron chi connectivity index (χ4n) is 1.23. The zero-order valence-electron chi connectivity index (χ0n) is 5.71. The molecule has 0 bridgehead atoms. The summed E-state index contributed by atoms with van der Waals surface area (Å²) in [6.45, 7) is 0.749. The zero-order chi connectivity index (χ0) is 7.56. The smallest absolute Gasteiger partial charge is 0.188 e. The van der Waals surface area contributed by atoms with Gasteiger partial charge in [0.05, 0.1) is 6.04 Å². The summed E-state index contributed by atoms with van der Waals surface area (Å²) in [5, 5.41) is 7.07. The van der Waals surface area contributed by atoms with Gasteiger partial charge in [0.1, 0.15) is 6.29 Å². The molecule has 0 amide bonds. The first kappa shape index (κ1) is 7.05. The predicted octanol–water partition coefficient (Wildman–Crippen LogP) is -0.457. The number of nitrogens with two attached hydrogens (primary N) is 1. The lowest BCUT2D eigenvalue weighted by molar-refractivity contribution is -0.110. The van der Waals surface area contributed by atoms with Crippen molar-refractivity contribution in [2.24, 2.45) is 5.73 Å². The normalized spacial score (nSPS) is 24.8. The van der Waals surface area contributed by atoms with Crippen LogP contribution in [0.3, 0.4) is 0 Å². The van der Waals surface area contributed by atoms with Gasteiger partial charge in [0, 0.05) is 6.54 Å². The molecule has 0 aromatic carbocycles. The Labute approximate surface area is 59.5 Å². The number of hydrogen-bond donors (Lipinski definition) is 2. The molecule has 0 radical (unpaired) electrons. The minimum absolute atomic E-state index is 0.00889. The molecule has 56 valence electrons. The van der Waals surface area contributed by atoms with Crippen molar-refractivity contribution in [1.82, 2.24) is 4.90 Å². The summed E-state index contributed by atoms with van der Waals surface area (Å²) in [6.07, 6.45) is 2.65. The first-order valence-corrected chi connectivity index (χ1v) is 3.31. The van der Waals surface area contributed by atoms with Crippen LogP contribution in [0.4, 0.5) is 0 Å². The molecule has 1 saturated heterocycles. The molecule has 10 heavy (non-hydrogen) atoms. The maximum atomic E-state index is 10.3. The van der Waals surface area contributed by atoms with E-state index in [2.05, 4.69) is 0 Å². The minimum atomic E-state index is -0.141. The molecule has 1 fully saturated rings. The second kappa shape index (κ2) is 2.68. The molecule has 0 spiro atoms. The van der Waals surface area contributed by atoms with Crippen LogP contribution in [0.5, 0.6) is 0 Å². The maximum Gasteiger partial charge on any atom is 0.188 e. The molecule has 1 atom stereocenters. The quantitative estimate of drug-likeness (QED) is 0.295. The summed E-state index contributed by atoms with van der Waals surface area (Å²) in [5.74, 6) is 0.00889. The van der Waals surface area contributed by atoms with Crippen molar-refractivity contribution in [3.8, 4) is 0 Å². The van der Waals surface area contributed by atoms with Crippen LogP contribution in [-0.4, -0.2) is 29.7 Å². The molecule has 1 unspecified atom stereocenters. The van der Waals surface area contributed by atoms with Gasteiger partial charge < -0.3 is 15.4 Å². The number of likely N-dealkylation sites (tertiary alicyclic amines) is 1. The monoisotopic (exact) mass is 141 g/mol. The average molecular weight is 141 g/mol. The third kappa shape index (κ3) is 1.10. The Morgan fingerprint density at radius 2 is 2.50 bits per heavy atom. The summed E-state index contributed by atoms with van der Waals surface area (Å²) in [5.41, 5.74) is 5.21. The van der Waals surface area contributed by atoms with Gasteiger partial charge in [-0.15, -0.1) is 0 Å². The number of carbonyl (C=O) groups is 1. The number of aldehydes is 1. The topological polar surface area (TPSA) is 70.2 Å². The Kier molecular flexibility index (Phi) is 1.89. The molecule has 1 aliphatic heterocycles. The Morgan fingerprint density at radius 1 is 1.80 bits per heavy atom. The van der Waals surface area contributed by atoms with E-state index >= 15 is 0 Å². The van der Waals surface area contributed by atoms with Crippen LogP contribution in [-0.2, 0) is 4.79 Å². The molecule has 1 aliphatic rings. The summed E-state index contributed by atoms with van der Waals surface area (Å²) < 4.78 is 0. The molecule has 1 rings (SSSR count). The number of rotatable bonds is 1. The van der Waals surface area contributed by atoms with Crippen molar-refractivity contribution in [3.63, 3.8) is 0 Å². The largest absolute Gasteiger partial charge is 0.370 e. The molecule has 3 N–H and O–H groups in total. The van der Waals surface area contributed by atoms with Gasteiger partial charge in [0.15, 0.2) is 5.96 Å². The highest BCUT2D eigenvalue weighted by Gasteiger charge is 2.24. The van der Waals surface area contributed by atoms with Crippen LogP contribution in [0.15, 0.2) is 0 Å². The Bertz CT molecular complexity index is 157. The maximum absolute atomic E-state index is 10.3. The Hall–Kier alpha value is -1.06. The van der Waals surface area contributed by atoms with E-state index in [0.29, 0.717) is 0 Å². The van der Waals surface area contributed by atoms with Crippen LogP contribution in [0.25, 0.3) is 0 Å². The van der Waals surface area contributed by atoms with E-state index in [0.717, 1.165) is 25.7 Å². The van der Waals surface area contributed by atoms with Crippen LogP contribution in [0.1, 0.15) is 12.8 Å². The highest BCUT2D eigenvalue weighted by molar-refractivity contribution is 5.79. The van der Waals surface area contributed by atoms with E-state index in [1.165, 1.54) is 0 Å². The summed E-state index contributed by atoms with van der Waals surface area (Å²) >= 11 is 0. The fraction of sp³-hybridized carbons (Fsp3) is 0.667. The second-order valence-electron chi connectivity index (χ2n) is 2.42. The van der Waals surface area contributed by atoms with Crippen molar-refractivity contribution < 1.29 is 4.79 Å². The lowest BCUT2D eigenvalue weighted by Crippen LogP contribution is -2.40. The molecule has 0 aromatic rings. The first-order valence-electron chi connectivity index (χ1n) is 3.31. The van der Waals surface area contributed by atoms with Gasteiger partial charge in [-0.05, 0) is 12.8 Å². The third-order valence-electron chi connectivity index (χ3n) is 1.77. The molecule has 0 aromatic heterocycles. The van der Waals surface area contributed by atoms with Crippen LogP contribution in [0.2, 0.25) is 0 Å². The molecule has 0 aliphatic carbocycles. The lowest BCUT2D eigenvalue weighted by Gasteiger charge is -2.19. The van der Waals surface area contributed by atoms with Gasteiger partial charge in [-0.3, -0.25) is 5.41 Å². The summed E-state index contributed by atoms with van der Waals surface area (Å²) in [7, 11) is 0. The molecular weight excluding hydrogens is 130 g/mol. The molecule has 0 saturated carbocycles. The van der Waals surface area contributed by atoms with Crippen LogP contribution >= 0.6 is 0 Å². The number of nitrogens with zero attached hydrogens (tertiary/aromatic N) is 1. The van der Waals surface area contributed by atoms with Crippen LogP contribution in [0, 0.1) is 5.41 Å². The highest BCUT2D eigenvalue weighted by atomic mass is 16.1. The van der Waals surface area contributed by atoms with Crippen molar-refractivity contribution in [3.05, 3.63) is 0 Å². The average Bonchev–Trinajstić information content (AvgIpc) is 2.33. The number of nitrogens with one attached hydrogen (secondary N) is 1. The van der Waals surface area contributed by atoms with Gasteiger partial charge in [-0.2, -0.15) is 0 Å². The number of hydrogen-bond acceptors (Lipinski definition) is 2. The van der Waals surface area contributed by atoms with Gasteiger partial charge in [-0.1, -0.05) is 0 Å². The van der Waals surface area contributed by atoms with E-state index in [4.69, 9.17) is 11.1 Å². The second-order valence-corrected chi connectivity index (χ2v) is 2.42. The van der Waals surface area contributed by atoms with E-state index in [-0.39, 0.29) is 12.0 Å².